The van der Waals surface area contributed by atoms with Gasteiger partial charge in [-0.2, -0.15) is 0 Å². The summed E-state index contributed by atoms with van der Waals surface area (Å²) in [6.45, 7) is 1.23. The largest absolute Gasteiger partial charge is 0.496 e. The zero-order valence-electron chi connectivity index (χ0n) is 21.8. The van der Waals surface area contributed by atoms with E-state index in [0.717, 1.165) is 11.3 Å². The predicted octanol–water partition coefficient (Wildman–Crippen LogP) is 3.43. The molecular weight excluding hydrogens is 499 g/mol. The number of piperidine rings is 1. The van der Waals surface area contributed by atoms with Crippen LogP contribution in [0.25, 0.3) is 0 Å². The molecule has 9 heteroatoms. The zero-order chi connectivity index (χ0) is 27.4. The van der Waals surface area contributed by atoms with Crippen molar-refractivity contribution < 1.29 is 23.5 Å². The summed E-state index contributed by atoms with van der Waals surface area (Å²) in [5.74, 6) is -0.358. The molecule has 0 aliphatic carbocycles. The second-order valence-corrected chi connectivity index (χ2v) is 9.84. The molecule has 1 N–H and O–H groups in total. The molecule has 0 unspecified atom stereocenters. The molecule has 2 fully saturated rings. The Kier molecular flexibility index (Phi) is 7.49. The summed E-state index contributed by atoms with van der Waals surface area (Å²) in [6.07, 6.45) is 0.880. The Bertz CT molecular complexity index is 1340. The fourth-order valence-corrected chi connectivity index (χ4v) is 5.43. The van der Waals surface area contributed by atoms with Crippen LogP contribution in [0.15, 0.2) is 78.9 Å². The first-order valence-corrected chi connectivity index (χ1v) is 13.0. The minimum atomic E-state index is -0.851. The van der Waals surface area contributed by atoms with Crippen LogP contribution in [0.5, 0.6) is 5.75 Å². The summed E-state index contributed by atoms with van der Waals surface area (Å²) in [5, 5.41) is 2.82. The number of hydrogen-bond acceptors (Lipinski definition) is 5. The molecule has 0 radical (unpaired) electrons. The fourth-order valence-electron chi connectivity index (χ4n) is 5.43. The average Bonchev–Trinajstić information content (AvgIpc) is 3.23. The highest BCUT2D eigenvalue weighted by Gasteiger charge is 2.54. The first-order chi connectivity index (χ1) is 18.9. The average molecular weight is 531 g/mol. The summed E-state index contributed by atoms with van der Waals surface area (Å²) in [4.78, 5) is 45.4. The van der Waals surface area contributed by atoms with Crippen LogP contribution in [-0.4, -0.2) is 66.5 Å². The smallest absolute Gasteiger partial charge is 0.257 e. The summed E-state index contributed by atoms with van der Waals surface area (Å²) >= 11 is 0. The third kappa shape index (κ3) is 5.30. The molecule has 3 amide bonds. The van der Waals surface area contributed by atoms with Gasteiger partial charge in [0.05, 0.1) is 19.3 Å². The Balaban J connectivity index is 1.30. The number of ether oxygens (including phenoxy) is 1. The number of nitrogens with zero attached hydrogens (tertiary/aromatic N) is 3. The third-order valence-corrected chi connectivity index (χ3v) is 7.53. The van der Waals surface area contributed by atoms with Gasteiger partial charge in [-0.25, -0.2) is 4.39 Å². The molecule has 3 aromatic carbocycles. The van der Waals surface area contributed by atoms with Crippen LogP contribution in [-0.2, 0) is 16.1 Å². The van der Waals surface area contributed by atoms with E-state index in [2.05, 4.69) is 10.2 Å². The van der Waals surface area contributed by atoms with E-state index < -0.39 is 5.54 Å². The molecule has 0 atom stereocenters. The molecule has 0 bridgehead atoms. The van der Waals surface area contributed by atoms with E-state index in [0.29, 0.717) is 37.2 Å². The summed E-state index contributed by atoms with van der Waals surface area (Å²) in [7, 11) is 1.54. The van der Waals surface area contributed by atoms with Gasteiger partial charge >= 0.3 is 0 Å². The van der Waals surface area contributed by atoms with Crippen molar-refractivity contribution in [1.29, 1.82) is 0 Å². The van der Waals surface area contributed by atoms with E-state index in [1.165, 1.54) is 19.2 Å². The van der Waals surface area contributed by atoms with E-state index in [9.17, 15) is 18.8 Å². The number of rotatable bonds is 7. The molecule has 2 saturated heterocycles. The summed E-state index contributed by atoms with van der Waals surface area (Å²) < 4.78 is 18.6. The number of benzene rings is 3. The lowest BCUT2D eigenvalue weighted by atomic mass is 9.85. The van der Waals surface area contributed by atoms with E-state index in [1.54, 1.807) is 40.1 Å². The molecule has 3 aromatic rings. The number of hydrogen-bond donors (Lipinski definition) is 1. The Morgan fingerprint density at radius 3 is 2.31 bits per heavy atom. The van der Waals surface area contributed by atoms with Crippen molar-refractivity contribution in [3.8, 4) is 5.75 Å². The number of amides is 3. The SMILES string of the molecule is COc1ccccc1C(=O)N1CCC2(CC1)C(=O)N(CC(=O)NCc1ccc(F)cc1)CN2c1ccccc1. The highest BCUT2D eigenvalue weighted by atomic mass is 19.1. The Morgan fingerprint density at radius 2 is 1.62 bits per heavy atom. The monoisotopic (exact) mass is 530 g/mol. The molecule has 2 heterocycles. The second-order valence-electron chi connectivity index (χ2n) is 9.84. The number of likely N-dealkylation sites (tertiary alicyclic amines) is 1. The highest BCUT2D eigenvalue weighted by Crippen LogP contribution is 2.40. The number of carbonyl (C=O) groups excluding carboxylic acids is 3. The van der Waals surface area contributed by atoms with Crippen LogP contribution >= 0.6 is 0 Å². The lowest BCUT2D eigenvalue weighted by Crippen LogP contribution is -2.57. The number of halogens is 1. The van der Waals surface area contributed by atoms with E-state index in [-0.39, 0.29) is 43.3 Å². The fraction of sp³-hybridized carbons (Fsp3) is 0.300. The number of methoxy groups -OCH3 is 1. The minimum Gasteiger partial charge on any atom is -0.496 e. The van der Waals surface area contributed by atoms with E-state index in [4.69, 9.17) is 4.74 Å². The van der Waals surface area contributed by atoms with Crippen LogP contribution in [0.4, 0.5) is 10.1 Å². The van der Waals surface area contributed by atoms with Gasteiger partial charge in [0.1, 0.15) is 23.7 Å². The molecule has 2 aliphatic rings. The van der Waals surface area contributed by atoms with Crippen molar-refractivity contribution in [3.05, 3.63) is 95.8 Å². The van der Waals surface area contributed by atoms with Crippen LogP contribution in [0.3, 0.4) is 0 Å². The predicted molar refractivity (Wildman–Crippen MR) is 145 cm³/mol. The zero-order valence-corrected chi connectivity index (χ0v) is 21.8. The number of nitrogens with one attached hydrogen (secondary N) is 1. The molecule has 2 aliphatic heterocycles. The Morgan fingerprint density at radius 1 is 0.949 bits per heavy atom. The van der Waals surface area contributed by atoms with Gasteiger partial charge in [-0.15, -0.1) is 0 Å². The van der Waals surface area contributed by atoms with Gasteiger partial charge in [-0.3, -0.25) is 14.4 Å². The first kappa shape index (κ1) is 26.2. The number of para-hydroxylation sites is 2. The topological polar surface area (TPSA) is 82.2 Å². The quantitative estimate of drug-likeness (QED) is 0.506. The van der Waals surface area contributed by atoms with Gasteiger partial charge in [-0.05, 0) is 54.8 Å². The highest BCUT2D eigenvalue weighted by molar-refractivity contribution is 5.99. The van der Waals surface area contributed by atoms with E-state index >= 15 is 0 Å². The maximum Gasteiger partial charge on any atom is 0.257 e. The van der Waals surface area contributed by atoms with Crippen molar-refractivity contribution in [2.24, 2.45) is 0 Å². The standard InChI is InChI=1S/C30H31FN4O4/c1-39-26-10-6-5-9-25(26)28(37)33-17-15-30(16-18-33)29(38)34(21-35(30)24-7-3-2-4-8-24)20-27(36)32-19-22-11-13-23(31)14-12-22/h2-14H,15-21H2,1H3,(H,32,36). The Hall–Kier alpha value is -4.40. The van der Waals surface area contributed by atoms with Crippen molar-refractivity contribution in [2.75, 3.05) is 38.3 Å². The molecule has 1 spiro atoms. The molecule has 0 saturated carbocycles. The lowest BCUT2D eigenvalue weighted by molar-refractivity contribution is -0.137. The molecule has 39 heavy (non-hydrogen) atoms. The van der Waals surface area contributed by atoms with Gasteiger partial charge in [0.25, 0.3) is 11.8 Å². The number of carbonyl (C=O) groups is 3. The number of anilines is 1. The van der Waals surface area contributed by atoms with Crippen molar-refractivity contribution in [2.45, 2.75) is 24.9 Å². The van der Waals surface area contributed by atoms with Crippen molar-refractivity contribution in [3.63, 3.8) is 0 Å². The maximum atomic E-state index is 13.9. The maximum absolute atomic E-state index is 13.9. The third-order valence-electron chi connectivity index (χ3n) is 7.53. The minimum absolute atomic E-state index is 0.0883. The van der Waals surface area contributed by atoms with Gasteiger partial charge < -0.3 is 24.8 Å². The molecule has 0 aromatic heterocycles. The lowest BCUT2D eigenvalue weighted by Gasteiger charge is -2.43. The first-order valence-electron chi connectivity index (χ1n) is 13.0. The molecule has 5 rings (SSSR count). The van der Waals surface area contributed by atoms with Crippen LogP contribution in [0, 0.1) is 5.82 Å². The molecular formula is C30H31FN4O4. The van der Waals surface area contributed by atoms with Crippen LogP contribution in [0.2, 0.25) is 0 Å². The summed E-state index contributed by atoms with van der Waals surface area (Å²) in [5.41, 5.74) is 1.31. The van der Waals surface area contributed by atoms with Crippen LogP contribution in [0.1, 0.15) is 28.8 Å². The van der Waals surface area contributed by atoms with Gasteiger partial charge in [0, 0.05) is 25.3 Å². The second kappa shape index (κ2) is 11.1. The van der Waals surface area contributed by atoms with Gasteiger partial charge in [0.2, 0.25) is 5.91 Å². The Labute approximate surface area is 227 Å². The molecule has 8 nitrogen and oxygen atoms in total. The van der Waals surface area contributed by atoms with Crippen LogP contribution < -0.4 is 15.0 Å². The molecule has 202 valence electrons. The van der Waals surface area contributed by atoms with Gasteiger partial charge in [-0.1, -0.05) is 42.5 Å². The van der Waals surface area contributed by atoms with Crippen molar-refractivity contribution >= 4 is 23.4 Å². The van der Waals surface area contributed by atoms with Gasteiger partial charge in [0.15, 0.2) is 0 Å². The normalized spacial score (nSPS) is 16.5. The summed E-state index contributed by atoms with van der Waals surface area (Å²) in [6, 6.07) is 22.7. The van der Waals surface area contributed by atoms with E-state index in [1.807, 2.05) is 36.4 Å². The van der Waals surface area contributed by atoms with Crippen molar-refractivity contribution in [1.82, 2.24) is 15.1 Å².